The van der Waals surface area contributed by atoms with Crippen LogP contribution in [-0.4, -0.2) is 47.3 Å². The summed E-state index contributed by atoms with van der Waals surface area (Å²) >= 11 is 0. The molecule has 1 fully saturated rings. The van der Waals surface area contributed by atoms with Gasteiger partial charge in [0.2, 0.25) is 0 Å². The normalized spacial score (nSPS) is 22.0. The molecule has 0 unspecified atom stereocenters. The van der Waals surface area contributed by atoms with Gasteiger partial charge in [0.15, 0.2) is 0 Å². The van der Waals surface area contributed by atoms with E-state index in [0.717, 1.165) is 18.5 Å². The van der Waals surface area contributed by atoms with Crippen LogP contribution in [0.2, 0.25) is 0 Å². The highest BCUT2D eigenvalue weighted by atomic mass is 35.5. The van der Waals surface area contributed by atoms with E-state index in [1.807, 2.05) is 24.4 Å². The van der Waals surface area contributed by atoms with Crippen molar-refractivity contribution in [2.75, 3.05) is 32.8 Å². The lowest BCUT2D eigenvalue weighted by atomic mass is 9.84. The number of halogens is 1. The van der Waals surface area contributed by atoms with Crippen molar-refractivity contribution in [3.05, 3.63) is 53.0 Å². The van der Waals surface area contributed by atoms with Crippen molar-refractivity contribution in [3.63, 3.8) is 0 Å². The second-order valence-electron chi connectivity index (χ2n) is 7.01. The van der Waals surface area contributed by atoms with Gasteiger partial charge in [0, 0.05) is 12.1 Å². The first kappa shape index (κ1) is 18.4. The highest BCUT2D eigenvalue weighted by Crippen LogP contribution is 2.35. The third-order valence-corrected chi connectivity index (χ3v) is 5.48. The summed E-state index contributed by atoms with van der Waals surface area (Å²) in [6.07, 6.45) is 6.41. The van der Waals surface area contributed by atoms with Crippen molar-refractivity contribution >= 4 is 12.4 Å². The summed E-state index contributed by atoms with van der Waals surface area (Å²) in [7, 11) is 0. The predicted molar refractivity (Wildman–Crippen MR) is 100 cm³/mol. The van der Waals surface area contributed by atoms with Gasteiger partial charge in [-0.3, -0.25) is 0 Å². The first-order chi connectivity index (χ1) is 11.8. The summed E-state index contributed by atoms with van der Waals surface area (Å²) in [5.41, 5.74) is 3.81. The molecule has 0 spiro atoms. The summed E-state index contributed by atoms with van der Waals surface area (Å²) in [4.78, 5) is 0. The van der Waals surface area contributed by atoms with Crippen LogP contribution in [0.1, 0.15) is 36.4 Å². The minimum atomic E-state index is -0.0847. The van der Waals surface area contributed by atoms with Crippen LogP contribution in [0.3, 0.4) is 0 Å². The minimum absolute atomic E-state index is 0. The predicted octanol–water partition coefficient (Wildman–Crippen LogP) is 3.45. The molecule has 136 valence electrons. The highest BCUT2D eigenvalue weighted by molar-refractivity contribution is 5.85. The van der Waals surface area contributed by atoms with Crippen LogP contribution in [0, 0.1) is 5.21 Å². The highest BCUT2D eigenvalue weighted by Gasteiger charge is 2.28. The van der Waals surface area contributed by atoms with Crippen molar-refractivity contribution < 1.29 is 9.38 Å². The molecule has 1 saturated heterocycles. The maximum Gasteiger partial charge on any atom is 0.102 e. The van der Waals surface area contributed by atoms with Gasteiger partial charge in [-0.15, -0.1) is 12.4 Å². The number of hydrogen-bond acceptors (Lipinski definition) is 3. The smallest absolute Gasteiger partial charge is 0.102 e. The van der Waals surface area contributed by atoms with Gasteiger partial charge in [0.25, 0.3) is 0 Å². The Morgan fingerprint density at radius 1 is 1.20 bits per heavy atom. The van der Waals surface area contributed by atoms with Crippen molar-refractivity contribution in [1.29, 1.82) is 0 Å². The van der Waals surface area contributed by atoms with E-state index in [1.54, 1.807) is 0 Å². The number of ether oxygens (including phenoxy) is 1. The van der Waals surface area contributed by atoms with Crippen molar-refractivity contribution in [2.24, 2.45) is 0 Å². The molecule has 0 amide bonds. The first-order valence-electron chi connectivity index (χ1n) is 9.02. The maximum atomic E-state index is 12.7. The van der Waals surface area contributed by atoms with E-state index in [9.17, 15) is 5.21 Å². The van der Waals surface area contributed by atoms with Crippen LogP contribution in [0.25, 0.3) is 5.69 Å². The fraction of sp³-hybridized carbons (Fsp3) is 0.526. The lowest BCUT2D eigenvalue weighted by Crippen LogP contribution is -2.51. The molecular weight excluding hydrogens is 338 g/mol. The Balaban J connectivity index is 0.00000182. The summed E-state index contributed by atoms with van der Waals surface area (Å²) < 4.78 is 7.33. The van der Waals surface area contributed by atoms with Crippen molar-refractivity contribution in [2.45, 2.75) is 31.6 Å². The Morgan fingerprint density at radius 3 is 2.72 bits per heavy atom. The fourth-order valence-electron chi connectivity index (χ4n) is 4.03. The molecule has 0 bridgehead atoms. The molecule has 1 aromatic heterocycles. The van der Waals surface area contributed by atoms with Crippen LogP contribution in [0.15, 0.2) is 36.5 Å². The van der Waals surface area contributed by atoms with Crippen LogP contribution in [0.5, 0.6) is 0 Å². The maximum absolute atomic E-state index is 12.7. The summed E-state index contributed by atoms with van der Waals surface area (Å²) in [5.74, 6) is 0.470. The quantitative estimate of drug-likeness (QED) is 0.617. The number of benzene rings is 1. The molecule has 0 saturated carbocycles. The molecule has 5 nitrogen and oxygen atoms in total. The number of morpholine rings is 1. The third kappa shape index (κ3) is 3.90. The Morgan fingerprint density at radius 2 is 1.96 bits per heavy atom. The average molecular weight is 364 g/mol. The van der Waals surface area contributed by atoms with Crippen LogP contribution in [0.4, 0.5) is 0 Å². The number of rotatable bonds is 4. The number of hydrogen-bond donors (Lipinski definition) is 0. The lowest BCUT2D eigenvalue weighted by molar-refractivity contribution is -0.889. The fourth-order valence-corrected chi connectivity index (χ4v) is 4.03. The van der Waals surface area contributed by atoms with Crippen molar-refractivity contribution in [3.8, 4) is 5.69 Å². The second kappa shape index (κ2) is 7.87. The van der Waals surface area contributed by atoms with Gasteiger partial charge >= 0.3 is 0 Å². The molecule has 1 atom stereocenters. The largest absolute Gasteiger partial charge is 0.633 e. The standard InChI is InChI=1S/C19H25N3O2.ClH/c23-22(11-13-24-14-12-22)10-9-16-5-4-8-19-18(16)15-20-21(19)17-6-2-1-3-7-17;/h1-3,6-7,15-16H,4-5,8-14H2;1H/t16-;/m0./s1. The van der Waals surface area contributed by atoms with Crippen LogP contribution < -0.4 is 0 Å². The van der Waals surface area contributed by atoms with Gasteiger partial charge in [-0.05, 0) is 42.9 Å². The molecule has 2 aliphatic rings. The first-order valence-corrected chi connectivity index (χ1v) is 9.02. The lowest BCUT2D eigenvalue weighted by Gasteiger charge is -2.46. The summed E-state index contributed by atoms with van der Waals surface area (Å²) in [6, 6.07) is 10.3. The van der Waals surface area contributed by atoms with E-state index in [0.29, 0.717) is 38.8 Å². The van der Waals surface area contributed by atoms with Gasteiger partial charge in [0.1, 0.15) is 13.1 Å². The van der Waals surface area contributed by atoms with E-state index in [4.69, 9.17) is 4.74 Å². The third-order valence-electron chi connectivity index (χ3n) is 5.48. The minimum Gasteiger partial charge on any atom is -0.633 e. The van der Waals surface area contributed by atoms with Gasteiger partial charge in [-0.1, -0.05) is 18.2 Å². The zero-order chi connectivity index (χ0) is 16.4. The topological polar surface area (TPSA) is 50.1 Å². The van der Waals surface area contributed by atoms with Gasteiger partial charge in [-0.25, -0.2) is 4.68 Å². The molecule has 0 radical (unpaired) electrons. The summed E-state index contributed by atoms with van der Waals surface area (Å²) in [5, 5.41) is 17.4. The van der Waals surface area contributed by atoms with E-state index in [2.05, 4.69) is 21.9 Å². The Labute approximate surface area is 155 Å². The molecule has 2 heterocycles. The molecule has 2 aromatic rings. The number of fused-ring (bicyclic) bond motifs is 1. The molecule has 0 N–H and O–H groups in total. The number of quaternary nitrogens is 1. The van der Waals surface area contributed by atoms with Gasteiger partial charge in [0.05, 0.1) is 31.6 Å². The zero-order valence-corrected chi connectivity index (χ0v) is 15.3. The molecule has 25 heavy (non-hydrogen) atoms. The van der Waals surface area contributed by atoms with Gasteiger partial charge < -0.3 is 14.6 Å². The SMILES string of the molecule is Cl.[O-][N+]1(CC[C@@H]2CCCc3c2cnn3-c2ccccc2)CCOCC1. The van der Waals surface area contributed by atoms with E-state index < -0.39 is 0 Å². The average Bonchev–Trinajstić information content (AvgIpc) is 3.06. The van der Waals surface area contributed by atoms with Crippen LogP contribution in [-0.2, 0) is 11.2 Å². The zero-order valence-electron chi connectivity index (χ0n) is 14.5. The van der Waals surface area contributed by atoms with Crippen LogP contribution >= 0.6 is 12.4 Å². The molecule has 4 rings (SSSR count). The molecule has 1 aromatic carbocycles. The molecular formula is C19H26ClN3O2. The van der Waals surface area contributed by atoms with Gasteiger partial charge in [-0.2, -0.15) is 5.10 Å². The van der Waals surface area contributed by atoms with E-state index in [1.165, 1.54) is 24.1 Å². The Hall–Kier alpha value is -1.40. The number of nitrogens with zero attached hydrogens (tertiary/aromatic N) is 3. The van der Waals surface area contributed by atoms with Crippen molar-refractivity contribution in [1.82, 2.24) is 9.78 Å². The molecule has 1 aliphatic carbocycles. The number of aromatic nitrogens is 2. The Bertz CT molecular complexity index is 683. The number of para-hydroxylation sites is 1. The molecule has 1 aliphatic heterocycles. The monoisotopic (exact) mass is 363 g/mol. The number of hydroxylamine groups is 3. The van der Waals surface area contributed by atoms with E-state index >= 15 is 0 Å². The Kier molecular flexibility index (Phi) is 5.79. The second-order valence-corrected chi connectivity index (χ2v) is 7.01. The van der Waals surface area contributed by atoms with E-state index in [-0.39, 0.29) is 17.1 Å². The summed E-state index contributed by atoms with van der Waals surface area (Å²) in [6.45, 7) is 3.10. The molecule has 6 heteroatoms.